The molecule has 224 valence electrons. The maximum Gasteiger partial charge on any atom is 0.264 e. The summed E-state index contributed by atoms with van der Waals surface area (Å²) in [6, 6.07) is 24.8. The standard InChI is InChI=1S/C31H27Cl4N3O4S/c1-36-31(40)29(16-21-6-3-2-4-7-21)37(19-22-10-11-25(34)18-28(22)35)30(39)20-38(26-9-5-8-24(33)17-26)43(41,42)27-14-12-23(32)13-15-27/h2-15,17-18,29H,16,19-20H2,1H3,(H,36,40)/t29-/m0/s1. The molecule has 0 saturated heterocycles. The quantitative estimate of drug-likeness (QED) is 0.187. The topological polar surface area (TPSA) is 86.8 Å². The predicted molar refractivity (Wildman–Crippen MR) is 172 cm³/mol. The zero-order valence-corrected chi connectivity index (χ0v) is 26.7. The summed E-state index contributed by atoms with van der Waals surface area (Å²) in [6.45, 7) is -0.733. The first-order valence-electron chi connectivity index (χ1n) is 13.0. The number of amides is 2. The second-order valence-corrected chi connectivity index (χ2v) is 13.1. The lowest BCUT2D eigenvalue weighted by Gasteiger charge is -2.33. The second-order valence-electron chi connectivity index (χ2n) is 9.52. The van der Waals surface area contributed by atoms with Gasteiger partial charge in [0.15, 0.2) is 0 Å². The number of nitrogens with one attached hydrogen (secondary N) is 1. The Balaban J connectivity index is 1.81. The first kappa shape index (κ1) is 32.6. The van der Waals surface area contributed by atoms with E-state index in [2.05, 4.69) is 5.32 Å². The van der Waals surface area contributed by atoms with Crippen LogP contribution >= 0.6 is 46.4 Å². The van der Waals surface area contributed by atoms with Crippen LogP contribution in [-0.4, -0.2) is 44.8 Å². The van der Waals surface area contributed by atoms with Gasteiger partial charge < -0.3 is 10.2 Å². The fourth-order valence-corrected chi connectivity index (χ4v) is 6.63. The number of benzene rings is 4. The van der Waals surface area contributed by atoms with Gasteiger partial charge in [-0.25, -0.2) is 8.42 Å². The zero-order chi connectivity index (χ0) is 31.1. The molecule has 1 atom stereocenters. The van der Waals surface area contributed by atoms with Crippen molar-refractivity contribution in [1.29, 1.82) is 0 Å². The van der Waals surface area contributed by atoms with Gasteiger partial charge in [0.2, 0.25) is 11.8 Å². The molecule has 0 saturated carbocycles. The molecule has 12 heteroatoms. The lowest BCUT2D eigenvalue weighted by atomic mass is 10.0. The predicted octanol–water partition coefficient (Wildman–Crippen LogP) is 6.88. The van der Waals surface area contributed by atoms with Gasteiger partial charge in [0, 0.05) is 40.1 Å². The highest BCUT2D eigenvalue weighted by Crippen LogP contribution is 2.29. The first-order chi connectivity index (χ1) is 20.5. The maximum atomic E-state index is 14.3. The van der Waals surface area contributed by atoms with Crippen LogP contribution in [0.15, 0.2) is 102 Å². The van der Waals surface area contributed by atoms with Crippen molar-refractivity contribution in [3.05, 3.63) is 128 Å². The lowest BCUT2D eigenvalue weighted by molar-refractivity contribution is -0.139. The van der Waals surface area contributed by atoms with Crippen molar-refractivity contribution in [1.82, 2.24) is 10.2 Å². The molecule has 1 N–H and O–H groups in total. The molecule has 0 bridgehead atoms. The lowest BCUT2D eigenvalue weighted by Crippen LogP contribution is -2.53. The van der Waals surface area contributed by atoms with E-state index in [1.165, 1.54) is 54.4 Å². The van der Waals surface area contributed by atoms with Gasteiger partial charge in [-0.2, -0.15) is 0 Å². The van der Waals surface area contributed by atoms with Gasteiger partial charge in [0.05, 0.1) is 10.6 Å². The van der Waals surface area contributed by atoms with Crippen molar-refractivity contribution in [2.45, 2.75) is 23.9 Å². The van der Waals surface area contributed by atoms with Gasteiger partial charge in [-0.3, -0.25) is 13.9 Å². The van der Waals surface area contributed by atoms with Crippen LogP contribution in [-0.2, 0) is 32.6 Å². The summed E-state index contributed by atoms with van der Waals surface area (Å²) in [7, 11) is -2.82. The summed E-state index contributed by atoms with van der Waals surface area (Å²) in [4.78, 5) is 28.9. The van der Waals surface area contributed by atoms with Crippen LogP contribution in [0.5, 0.6) is 0 Å². The Labute approximate surface area is 271 Å². The number of nitrogens with zero attached hydrogens (tertiary/aromatic N) is 2. The number of carbonyl (C=O) groups is 2. The number of carbonyl (C=O) groups excluding carboxylic acids is 2. The van der Waals surface area contributed by atoms with Gasteiger partial charge in [-0.1, -0.05) is 88.9 Å². The highest BCUT2D eigenvalue weighted by Gasteiger charge is 2.34. The minimum Gasteiger partial charge on any atom is -0.357 e. The molecule has 0 radical (unpaired) electrons. The first-order valence-corrected chi connectivity index (χ1v) is 16.0. The summed E-state index contributed by atoms with van der Waals surface area (Å²) in [6.07, 6.45) is 0.165. The molecule has 0 aliphatic heterocycles. The molecule has 2 amide bonds. The summed E-state index contributed by atoms with van der Waals surface area (Å²) >= 11 is 24.8. The van der Waals surface area contributed by atoms with E-state index < -0.39 is 34.4 Å². The van der Waals surface area contributed by atoms with Crippen molar-refractivity contribution >= 4 is 73.9 Å². The molecule has 0 aromatic heterocycles. The third-order valence-corrected chi connectivity index (χ3v) is 9.51. The van der Waals surface area contributed by atoms with Crippen LogP contribution in [0, 0.1) is 0 Å². The molecule has 4 aromatic rings. The van der Waals surface area contributed by atoms with E-state index in [0.29, 0.717) is 20.6 Å². The third kappa shape index (κ3) is 8.22. The number of rotatable bonds is 11. The minimum absolute atomic E-state index is 0.0795. The molecular weight excluding hydrogens is 652 g/mol. The van der Waals surface area contributed by atoms with E-state index >= 15 is 0 Å². The van der Waals surface area contributed by atoms with E-state index in [1.54, 1.807) is 24.3 Å². The average Bonchev–Trinajstić information content (AvgIpc) is 2.98. The molecule has 0 spiro atoms. The van der Waals surface area contributed by atoms with Crippen molar-refractivity contribution in [2.24, 2.45) is 0 Å². The monoisotopic (exact) mass is 677 g/mol. The van der Waals surface area contributed by atoms with Crippen LogP contribution in [0.25, 0.3) is 0 Å². The minimum atomic E-state index is -4.29. The number of likely N-dealkylation sites (N-methyl/N-ethyl adjacent to an activating group) is 1. The van der Waals surface area contributed by atoms with Crippen LogP contribution < -0.4 is 9.62 Å². The fourth-order valence-electron chi connectivity index (χ4n) is 4.45. The number of hydrogen-bond acceptors (Lipinski definition) is 4. The van der Waals surface area contributed by atoms with Gasteiger partial charge in [-0.05, 0) is 65.7 Å². The Morgan fingerprint density at radius 2 is 1.44 bits per heavy atom. The van der Waals surface area contributed by atoms with Gasteiger partial charge in [0.1, 0.15) is 12.6 Å². The Morgan fingerprint density at radius 1 is 0.791 bits per heavy atom. The van der Waals surface area contributed by atoms with E-state index in [4.69, 9.17) is 46.4 Å². The van der Waals surface area contributed by atoms with Crippen molar-refractivity contribution in [3.63, 3.8) is 0 Å². The Kier molecular flexibility index (Phi) is 11.0. The molecule has 0 aliphatic carbocycles. The largest absolute Gasteiger partial charge is 0.357 e. The zero-order valence-electron chi connectivity index (χ0n) is 22.9. The van der Waals surface area contributed by atoms with Crippen LogP contribution in [0.4, 0.5) is 5.69 Å². The summed E-state index contributed by atoms with van der Waals surface area (Å²) in [5, 5.41) is 3.96. The molecule has 0 aliphatic rings. The number of sulfonamides is 1. The SMILES string of the molecule is CNC(=O)[C@H](Cc1ccccc1)N(Cc1ccc(Cl)cc1Cl)C(=O)CN(c1cccc(Cl)c1)S(=O)(=O)c1ccc(Cl)cc1. The van der Waals surface area contributed by atoms with Crippen LogP contribution in [0.3, 0.4) is 0 Å². The average molecular weight is 679 g/mol. The normalized spacial score (nSPS) is 11.9. The number of halogens is 4. The Hall–Kier alpha value is -3.27. The second kappa shape index (κ2) is 14.5. The van der Waals surface area contributed by atoms with Gasteiger partial charge in [0.25, 0.3) is 10.0 Å². The molecule has 0 heterocycles. The van der Waals surface area contributed by atoms with Crippen LogP contribution in [0.2, 0.25) is 20.1 Å². The highest BCUT2D eigenvalue weighted by atomic mass is 35.5. The number of anilines is 1. The Morgan fingerprint density at radius 3 is 2.07 bits per heavy atom. The fraction of sp³-hybridized carbons (Fsp3) is 0.161. The van der Waals surface area contributed by atoms with Crippen molar-refractivity contribution in [2.75, 3.05) is 17.9 Å². The molecular formula is C31H27Cl4N3O4S. The van der Waals surface area contributed by atoms with E-state index in [-0.39, 0.29) is 28.6 Å². The maximum absolute atomic E-state index is 14.3. The summed E-state index contributed by atoms with van der Waals surface area (Å²) in [5.41, 5.74) is 1.49. The third-order valence-electron chi connectivity index (χ3n) is 6.65. The number of hydrogen-bond donors (Lipinski definition) is 1. The molecule has 4 rings (SSSR count). The molecule has 7 nitrogen and oxygen atoms in total. The van der Waals surface area contributed by atoms with Crippen molar-refractivity contribution < 1.29 is 18.0 Å². The molecule has 0 fully saturated rings. The molecule has 0 unspecified atom stereocenters. The van der Waals surface area contributed by atoms with E-state index in [1.807, 2.05) is 30.3 Å². The Bertz CT molecular complexity index is 1700. The smallest absolute Gasteiger partial charge is 0.264 e. The molecule has 4 aromatic carbocycles. The molecule has 43 heavy (non-hydrogen) atoms. The summed E-state index contributed by atoms with van der Waals surface area (Å²) in [5.74, 6) is -1.08. The highest BCUT2D eigenvalue weighted by molar-refractivity contribution is 7.92. The summed E-state index contributed by atoms with van der Waals surface area (Å²) < 4.78 is 28.9. The van der Waals surface area contributed by atoms with Gasteiger partial charge in [-0.15, -0.1) is 0 Å². The van der Waals surface area contributed by atoms with Crippen molar-refractivity contribution in [3.8, 4) is 0 Å². The van der Waals surface area contributed by atoms with Gasteiger partial charge >= 0.3 is 0 Å². The van der Waals surface area contributed by atoms with E-state index in [0.717, 1.165) is 9.87 Å². The van der Waals surface area contributed by atoms with E-state index in [9.17, 15) is 18.0 Å². The van der Waals surface area contributed by atoms with Crippen LogP contribution in [0.1, 0.15) is 11.1 Å².